The van der Waals surface area contributed by atoms with E-state index in [1.165, 1.54) is 11.3 Å². The molecule has 4 nitrogen and oxygen atoms in total. The molecular weight excluding hydrogens is 357 g/mol. The van der Waals surface area contributed by atoms with Crippen molar-refractivity contribution < 1.29 is 4.42 Å². The molecule has 0 radical (unpaired) electrons. The lowest BCUT2D eigenvalue weighted by atomic mass is 10.5. The van der Waals surface area contributed by atoms with Crippen molar-refractivity contribution >= 4 is 49.9 Å². The third-order valence-electron chi connectivity index (χ3n) is 1.13. The van der Waals surface area contributed by atoms with Crippen LogP contribution in [-0.2, 0) is 0 Å². The van der Waals surface area contributed by atoms with E-state index in [-0.39, 0.29) is 0 Å². The summed E-state index contributed by atoms with van der Waals surface area (Å²) < 4.78 is 6.61. The van der Waals surface area contributed by atoms with E-state index in [1.54, 1.807) is 5.51 Å². The summed E-state index contributed by atoms with van der Waals surface area (Å²) in [6.07, 6.45) is 0. The lowest BCUT2D eigenvalue weighted by molar-refractivity contribution is 0.535. The molecule has 0 bridgehead atoms. The van der Waals surface area contributed by atoms with Crippen LogP contribution in [0.25, 0.3) is 11.6 Å². The second-order valence-corrected chi connectivity index (χ2v) is 4.93. The predicted octanol–water partition coefficient (Wildman–Crippen LogP) is 2.56. The molecule has 0 aromatic carbocycles. The van der Waals surface area contributed by atoms with E-state index in [0.29, 0.717) is 15.5 Å². The summed E-state index contributed by atoms with van der Waals surface area (Å²) in [5, 5.41) is 7.54. The van der Waals surface area contributed by atoms with Gasteiger partial charge >= 0.3 is 0 Å². The van der Waals surface area contributed by atoms with E-state index in [2.05, 4.69) is 31.1 Å². The maximum atomic E-state index is 5.19. The Bertz CT molecular complexity index is 401. The van der Waals surface area contributed by atoms with Gasteiger partial charge in [0, 0.05) is 22.6 Å². The van der Waals surface area contributed by atoms with Crippen LogP contribution in [0.4, 0.5) is 0 Å². The fraction of sp³-hybridized carbons (Fsp3) is 0. The molecule has 2 rings (SSSR count). The van der Waals surface area contributed by atoms with Crippen molar-refractivity contribution in [2.45, 2.75) is 0 Å². The van der Waals surface area contributed by atoms with Gasteiger partial charge < -0.3 is 4.42 Å². The first-order chi connectivity index (χ1) is 5.77. The molecule has 0 saturated carbocycles. The molecule has 0 atom stereocenters. The summed E-state index contributed by atoms with van der Waals surface area (Å²) in [6, 6.07) is 0. The number of hydrogen-bond acceptors (Lipinski definition) is 5. The Kier molecular flexibility index (Phi) is 2.42. The molecule has 0 aliphatic rings. The summed E-state index contributed by atoms with van der Waals surface area (Å²) >= 11 is 6.78. The average Bonchev–Trinajstić information content (AvgIpc) is 2.58. The van der Waals surface area contributed by atoms with Crippen molar-refractivity contribution in [2.24, 2.45) is 0 Å². The van der Waals surface area contributed by atoms with Gasteiger partial charge in [-0.2, -0.15) is 0 Å². The van der Waals surface area contributed by atoms with E-state index < -0.39 is 0 Å². The highest BCUT2D eigenvalue weighted by Gasteiger charge is 2.12. The molecular formula is C5HBrIN3OS. The van der Waals surface area contributed by atoms with E-state index in [9.17, 15) is 0 Å². The van der Waals surface area contributed by atoms with Gasteiger partial charge in [0.2, 0.25) is 0 Å². The molecule has 0 saturated heterocycles. The van der Waals surface area contributed by atoms with Crippen LogP contribution in [0.1, 0.15) is 0 Å². The second kappa shape index (κ2) is 3.38. The van der Waals surface area contributed by atoms with E-state index in [0.717, 1.165) is 3.79 Å². The summed E-state index contributed by atoms with van der Waals surface area (Å²) in [5.74, 6) is 0.451. The highest BCUT2D eigenvalue weighted by molar-refractivity contribution is 14.1. The quantitative estimate of drug-likeness (QED) is 0.736. The summed E-state index contributed by atoms with van der Waals surface area (Å²) in [5.41, 5.74) is 2.42. The summed E-state index contributed by atoms with van der Waals surface area (Å²) in [7, 11) is 0. The number of thiazole rings is 1. The zero-order valence-electron chi connectivity index (χ0n) is 5.49. The fourth-order valence-electron chi connectivity index (χ4n) is 0.672. The first-order valence-corrected chi connectivity index (χ1v) is 5.61. The van der Waals surface area contributed by atoms with Crippen LogP contribution in [0.5, 0.6) is 0 Å². The SMILES string of the molecule is Brc1scnc1-c1nnc(I)o1. The molecule has 2 aromatic heterocycles. The number of aromatic nitrogens is 3. The first kappa shape index (κ1) is 8.57. The van der Waals surface area contributed by atoms with E-state index in [1.807, 2.05) is 22.6 Å². The van der Waals surface area contributed by atoms with Crippen LogP contribution in [0.15, 0.2) is 13.7 Å². The zero-order chi connectivity index (χ0) is 8.55. The Balaban J connectivity index is 2.50. The molecule has 0 fully saturated rings. The largest absolute Gasteiger partial charge is 0.410 e. The average molecular weight is 358 g/mol. The minimum absolute atomic E-state index is 0.451. The number of rotatable bonds is 1. The Hall–Kier alpha value is -0.0200. The van der Waals surface area contributed by atoms with Crippen molar-refractivity contribution in [1.29, 1.82) is 0 Å². The van der Waals surface area contributed by atoms with Gasteiger partial charge in [0.1, 0.15) is 3.79 Å². The number of nitrogens with zero attached hydrogens (tertiary/aromatic N) is 3. The second-order valence-electron chi connectivity index (χ2n) is 1.83. The lowest BCUT2D eigenvalue weighted by Crippen LogP contribution is -1.77. The normalized spacial score (nSPS) is 10.5. The summed E-state index contributed by atoms with van der Waals surface area (Å²) in [6.45, 7) is 0. The van der Waals surface area contributed by atoms with Gasteiger partial charge in [0.05, 0.1) is 5.51 Å². The molecule has 0 spiro atoms. The van der Waals surface area contributed by atoms with Crippen LogP contribution in [-0.4, -0.2) is 15.2 Å². The van der Waals surface area contributed by atoms with Crippen LogP contribution >= 0.6 is 49.9 Å². The van der Waals surface area contributed by atoms with Crippen LogP contribution < -0.4 is 0 Å². The first-order valence-electron chi connectivity index (χ1n) is 2.86. The van der Waals surface area contributed by atoms with Crippen molar-refractivity contribution in [3.05, 3.63) is 13.2 Å². The Morgan fingerprint density at radius 1 is 1.50 bits per heavy atom. The third-order valence-corrected chi connectivity index (χ3v) is 3.11. The van der Waals surface area contributed by atoms with Crippen LogP contribution in [0, 0.1) is 3.90 Å². The number of hydrogen-bond donors (Lipinski definition) is 0. The molecule has 2 aromatic rings. The fourth-order valence-corrected chi connectivity index (χ4v) is 2.01. The zero-order valence-corrected chi connectivity index (χ0v) is 10.1. The van der Waals surface area contributed by atoms with Gasteiger partial charge in [-0.05, 0) is 15.9 Å². The topological polar surface area (TPSA) is 51.8 Å². The van der Waals surface area contributed by atoms with E-state index >= 15 is 0 Å². The molecule has 0 amide bonds. The molecule has 0 unspecified atom stereocenters. The molecule has 62 valence electrons. The smallest absolute Gasteiger partial charge is 0.278 e. The van der Waals surface area contributed by atoms with Crippen LogP contribution in [0.2, 0.25) is 0 Å². The van der Waals surface area contributed by atoms with Crippen LogP contribution in [0.3, 0.4) is 0 Å². The van der Waals surface area contributed by atoms with Crippen molar-refractivity contribution in [1.82, 2.24) is 15.2 Å². The third kappa shape index (κ3) is 1.52. The van der Waals surface area contributed by atoms with Crippen molar-refractivity contribution in [3.8, 4) is 11.6 Å². The molecule has 0 aliphatic carbocycles. The molecule has 0 aliphatic heterocycles. The molecule has 12 heavy (non-hydrogen) atoms. The predicted molar refractivity (Wildman–Crippen MR) is 55.8 cm³/mol. The molecule has 7 heteroatoms. The van der Waals surface area contributed by atoms with Gasteiger partial charge in [-0.1, -0.05) is 0 Å². The Morgan fingerprint density at radius 2 is 2.33 bits per heavy atom. The molecule has 2 heterocycles. The van der Waals surface area contributed by atoms with Gasteiger partial charge in [0.15, 0.2) is 5.69 Å². The van der Waals surface area contributed by atoms with Crippen molar-refractivity contribution in [2.75, 3.05) is 0 Å². The standard InChI is InChI=1S/C5HBrIN3OS/c6-3-2(8-1-12-3)4-9-10-5(7)11-4/h1H. The lowest BCUT2D eigenvalue weighted by Gasteiger charge is -1.85. The van der Waals surface area contributed by atoms with Gasteiger partial charge in [-0.3, -0.25) is 0 Å². The summed E-state index contributed by atoms with van der Waals surface area (Å²) in [4.78, 5) is 4.07. The number of halogens is 2. The Labute approximate surface area is 93.7 Å². The van der Waals surface area contributed by atoms with Gasteiger partial charge in [0.25, 0.3) is 9.79 Å². The van der Waals surface area contributed by atoms with Gasteiger partial charge in [-0.25, -0.2) is 4.98 Å². The molecule has 0 N–H and O–H groups in total. The maximum Gasteiger partial charge on any atom is 0.278 e. The van der Waals surface area contributed by atoms with Crippen molar-refractivity contribution in [3.63, 3.8) is 0 Å². The highest BCUT2D eigenvalue weighted by atomic mass is 127. The van der Waals surface area contributed by atoms with Gasteiger partial charge in [-0.15, -0.1) is 21.5 Å². The maximum absolute atomic E-state index is 5.19. The monoisotopic (exact) mass is 357 g/mol. The Morgan fingerprint density at radius 3 is 2.83 bits per heavy atom. The minimum Gasteiger partial charge on any atom is -0.410 e. The van der Waals surface area contributed by atoms with E-state index in [4.69, 9.17) is 4.42 Å². The highest BCUT2D eigenvalue weighted by Crippen LogP contribution is 2.29. The minimum atomic E-state index is 0.451.